The Kier molecular flexibility index (Phi) is 4.05. The van der Waals surface area contributed by atoms with Crippen molar-refractivity contribution in [1.82, 2.24) is 9.88 Å². The lowest BCUT2D eigenvalue weighted by atomic mass is 9.99. The van der Waals surface area contributed by atoms with Gasteiger partial charge in [0.1, 0.15) is 10.3 Å². The van der Waals surface area contributed by atoms with Crippen LogP contribution < -0.4 is 0 Å². The molecule has 1 aliphatic heterocycles. The summed E-state index contributed by atoms with van der Waals surface area (Å²) in [4.78, 5) is 17.7. The SMILES string of the molecule is N#CC1CCCN(C(=O)c2ccc(Cl)nc2Cl)C1. The van der Waals surface area contributed by atoms with Crippen LogP contribution in [0.3, 0.4) is 0 Å². The molecule has 0 aliphatic carbocycles. The van der Waals surface area contributed by atoms with Gasteiger partial charge in [-0.15, -0.1) is 0 Å². The Bertz CT molecular complexity index is 513. The molecule has 6 heteroatoms. The molecule has 1 atom stereocenters. The first kappa shape index (κ1) is 13.1. The highest BCUT2D eigenvalue weighted by atomic mass is 35.5. The van der Waals surface area contributed by atoms with Crippen LogP contribution in [0.4, 0.5) is 0 Å². The molecule has 4 nitrogen and oxygen atoms in total. The molecule has 1 aromatic rings. The summed E-state index contributed by atoms with van der Waals surface area (Å²) in [6.07, 6.45) is 1.68. The first-order valence-electron chi connectivity index (χ1n) is 5.62. The Labute approximate surface area is 115 Å². The molecular formula is C12H11Cl2N3O. The number of rotatable bonds is 1. The molecule has 0 saturated carbocycles. The number of nitrogens with zero attached hydrogens (tertiary/aromatic N) is 3. The van der Waals surface area contributed by atoms with E-state index in [2.05, 4.69) is 11.1 Å². The van der Waals surface area contributed by atoms with Crippen LogP contribution in [0.5, 0.6) is 0 Å². The molecule has 2 heterocycles. The zero-order valence-electron chi connectivity index (χ0n) is 9.57. The van der Waals surface area contributed by atoms with Gasteiger partial charge in [-0.25, -0.2) is 4.98 Å². The third kappa shape index (κ3) is 2.74. The van der Waals surface area contributed by atoms with Crippen molar-refractivity contribution in [2.75, 3.05) is 13.1 Å². The molecule has 1 amide bonds. The predicted octanol–water partition coefficient (Wildman–Crippen LogP) is 2.76. The van der Waals surface area contributed by atoms with Crippen LogP contribution in [0.25, 0.3) is 0 Å². The minimum absolute atomic E-state index is 0.0956. The lowest BCUT2D eigenvalue weighted by Gasteiger charge is -2.29. The molecule has 0 radical (unpaired) electrons. The van der Waals surface area contributed by atoms with Crippen LogP contribution in [-0.2, 0) is 0 Å². The fraction of sp³-hybridized carbons (Fsp3) is 0.417. The number of carbonyl (C=O) groups is 1. The summed E-state index contributed by atoms with van der Waals surface area (Å²) in [6, 6.07) is 5.30. The van der Waals surface area contributed by atoms with Crippen LogP contribution in [0.15, 0.2) is 12.1 Å². The summed E-state index contributed by atoms with van der Waals surface area (Å²) in [5.41, 5.74) is 0.333. The topological polar surface area (TPSA) is 57.0 Å². The van der Waals surface area contributed by atoms with Crippen LogP contribution in [0.1, 0.15) is 23.2 Å². The molecule has 1 unspecified atom stereocenters. The standard InChI is InChI=1S/C12H11Cl2N3O/c13-10-4-3-9(11(14)16-10)12(18)17-5-1-2-8(6-15)7-17/h3-4,8H,1-2,5,7H2. The van der Waals surface area contributed by atoms with E-state index in [1.54, 1.807) is 11.0 Å². The quantitative estimate of drug-likeness (QED) is 0.745. The lowest BCUT2D eigenvalue weighted by molar-refractivity contribution is 0.0698. The van der Waals surface area contributed by atoms with Crippen molar-refractivity contribution < 1.29 is 4.79 Å². The van der Waals surface area contributed by atoms with E-state index in [4.69, 9.17) is 28.5 Å². The van der Waals surface area contributed by atoms with Crippen molar-refractivity contribution in [3.05, 3.63) is 28.0 Å². The van der Waals surface area contributed by atoms with Crippen LogP contribution in [0.2, 0.25) is 10.3 Å². The van der Waals surface area contributed by atoms with Crippen molar-refractivity contribution in [2.45, 2.75) is 12.8 Å². The molecule has 18 heavy (non-hydrogen) atoms. The summed E-state index contributed by atoms with van der Waals surface area (Å²) in [7, 11) is 0. The number of hydrogen-bond donors (Lipinski definition) is 0. The Hall–Kier alpha value is -1.31. The van der Waals surface area contributed by atoms with Gasteiger partial charge in [0.25, 0.3) is 5.91 Å². The van der Waals surface area contributed by atoms with Crippen molar-refractivity contribution >= 4 is 29.1 Å². The zero-order valence-corrected chi connectivity index (χ0v) is 11.1. The minimum Gasteiger partial charge on any atom is -0.337 e. The van der Waals surface area contributed by atoms with Gasteiger partial charge in [0.15, 0.2) is 0 Å². The van der Waals surface area contributed by atoms with Gasteiger partial charge in [0, 0.05) is 13.1 Å². The first-order valence-corrected chi connectivity index (χ1v) is 6.38. The second-order valence-corrected chi connectivity index (χ2v) is 4.94. The van der Waals surface area contributed by atoms with E-state index in [9.17, 15) is 4.79 Å². The number of nitriles is 1. The molecule has 0 aromatic carbocycles. The first-order chi connectivity index (χ1) is 8.61. The Morgan fingerprint density at radius 1 is 1.50 bits per heavy atom. The molecule has 2 rings (SSSR count). The molecule has 1 fully saturated rings. The monoisotopic (exact) mass is 283 g/mol. The molecule has 1 aromatic heterocycles. The fourth-order valence-electron chi connectivity index (χ4n) is 2.01. The van der Waals surface area contributed by atoms with E-state index in [1.165, 1.54) is 6.07 Å². The van der Waals surface area contributed by atoms with Crippen LogP contribution in [0, 0.1) is 17.2 Å². The van der Waals surface area contributed by atoms with E-state index < -0.39 is 0 Å². The second kappa shape index (κ2) is 5.55. The van der Waals surface area contributed by atoms with Gasteiger partial charge in [-0.1, -0.05) is 23.2 Å². The van der Waals surface area contributed by atoms with Crippen LogP contribution in [-0.4, -0.2) is 28.9 Å². The predicted molar refractivity (Wildman–Crippen MR) is 68.5 cm³/mol. The summed E-state index contributed by atoms with van der Waals surface area (Å²) in [5, 5.41) is 9.27. The largest absolute Gasteiger partial charge is 0.337 e. The summed E-state index contributed by atoms with van der Waals surface area (Å²) >= 11 is 11.6. The average Bonchev–Trinajstić information content (AvgIpc) is 2.38. The van der Waals surface area contributed by atoms with Gasteiger partial charge in [0.2, 0.25) is 0 Å². The van der Waals surface area contributed by atoms with Crippen molar-refractivity contribution in [3.8, 4) is 6.07 Å². The maximum Gasteiger partial charge on any atom is 0.257 e. The number of halogens is 2. The smallest absolute Gasteiger partial charge is 0.257 e. The van der Waals surface area contributed by atoms with Gasteiger partial charge in [0.05, 0.1) is 17.6 Å². The van der Waals surface area contributed by atoms with E-state index in [0.717, 1.165) is 12.8 Å². The zero-order chi connectivity index (χ0) is 13.1. The Balaban J connectivity index is 2.18. The Morgan fingerprint density at radius 2 is 2.28 bits per heavy atom. The molecule has 0 spiro atoms. The maximum atomic E-state index is 12.2. The average molecular weight is 284 g/mol. The van der Waals surface area contributed by atoms with E-state index in [0.29, 0.717) is 18.7 Å². The molecule has 0 N–H and O–H groups in total. The third-order valence-electron chi connectivity index (χ3n) is 2.94. The van der Waals surface area contributed by atoms with E-state index in [-0.39, 0.29) is 22.1 Å². The Morgan fingerprint density at radius 3 is 2.94 bits per heavy atom. The van der Waals surface area contributed by atoms with Crippen molar-refractivity contribution in [2.24, 2.45) is 5.92 Å². The van der Waals surface area contributed by atoms with Crippen molar-refractivity contribution in [3.63, 3.8) is 0 Å². The number of piperidine rings is 1. The van der Waals surface area contributed by atoms with Crippen molar-refractivity contribution in [1.29, 1.82) is 5.26 Å². The van der Waals surface area contributed by atoms with Crippen LogP contribution >= 0.6 is 23.2 Å². The highest BCUT2D eigenvalue weighted by molar-refractivity contribution is 6.34. The fourth-order valence-corrected chi connectivity index (χ4v) is 2.43. The number of aromatic nitrogens is 1. The minimum atomic E-state index is -0.191. The maximum absolute atomic E-state index is 12.2. The lowest BCUT2D eigenvalue weighted by Crippen LogP contribution is -2.39. The van der Waals surface area contributed by atoms with Gasteiger partial charge in [-0.05, 0) is 25.0 Å². The number of likely N-dealkylation sites (tertiary alicyclic amines) is 1. The number of pyridine rings is 1. The van der Waals surface area contributed by atoms with Gasteiger partial charge < -0.3 is 4.90 Å². The highest BCUT2D eigenvalue weighted by Gasteiger charge is 2.25. The number of carbonyl (C=O) groups excluding carboxylic acids is 1. The summed E-state index contributed by atoms with van der Waals surface area (Å²) in [6.45, 7) is 1.10. The van der Waals surface area contributed by atoms with Gasteiger partial charge >= 0.3 is 0 Å². The van der Waals surface area contributed by atoms with E-state index in [1.807, 2.05) is 0 Å². The van der Waals surface area contributed by atoms with Gasteiger partial charge in [-0.3, -0.25) is 4.79 Å². The second-order valence-electron chi connectivity index (χ2n) is 4.19. The molecule has 94 valence electrons. The molecule has 1 saturated heterocycles. The summed E-state index contributed by atoms with van der Waals surface area (Å²) < 4.78 is 0. The summed E-state index contributed by atoms with van der Waals surface area (Å²) in [5.74, 6) is -0.286. The normalized spacial score (nSPS) is 19.4. The van der Waals surface area contributed by atoms with E-state index >= 15 is 0 Å². The molecular weight excluding hydrogens is 273 g/mol. The third-order valence-corrected chi connectivity index (χ3v) is 3.43. The molecule has 1 aliphatic rings. The number of hydrogen-bond acceptors (Lipinski definition) is 3. The van der Waals surface area contributed by atoms with Gasteiger partial charge in [-0.2, -0.15) is 5.26 Å². The molecule has 0 bridgehead atoms. The number of amides is 1. The highest BCUT2D eigenvalue weighted by Crippen LogP contribution is 2.22.